The molecule has 102 valence electrons. The fourth-order valence-electron chi connectivity index (χ4n) is 2.02. The van der Waals surface area contributed by atoms with Gasteiger partial charge in [0.05, 0.1) is 6.61 Å². The summed E-state index contributed by atoms with van der Waals surface area (Å²) in [4.78, 5) is 11.5. The zero-order valence-electron chi connectivity index (χ0n) is 11.7. The second-order valence-electron chi connectivity index (χ2n) is 5.61. The molecule has 1 N–H and O–H groups in total. The minimum atomic E-state index is -0.354. The number of anilines is 1. The third-order valence-corrected chi connectivity index (χ3v) is 2.65. The van der Waals surface area contributed by atoms with Gasteiger partial charge in [0.15, 0.2) is 0 Å². The van der Waals surface area contributed by atoms with E-state index in [1.807, 2.05) is 18.2 Å². The Bertz CT molecular complexity index is 638. The van der Waals surface area contributed by atoms with Crippen molar-refractivity contribution in [2.75, 3.05) is 12.4 Å². The van der Waals surface area contributed by atoms with E-state index < -0.39 is 0 Å². The lowest BCUT2D eigenvalue weighted by molar-refractivity contribution is 0.185. The van der Waals surface area contributed by atoms with Crippen molar-refractivity contribution >= 4 is 16.7 Å². The van der Waals surface area contributed by atoms with Crippen molar-refractivity contribution in [3.8, 4) is 0 Å². The predicted molar refractivity (Wildman–Crippen MR) is 76.6 cm³/mol. The average molecular weight is 261 g/mol. The highest BCUT2D eigenvalue weighted by molar-refractivity contribution is 5.83. The molecule has 0 atom stereocenters. The Morgan fingerprint density at radius 1 is 1.26 bits per heavy atom. The molecule has 0 amide bonds. The van der Waals surface area contributed by atoms with E-state index in [-0.39, 0.29) is 11.2 Å². The van der Waals surface area contributed by atoms with Gasteiger partial charge in [0.2, 0.25) is 0 Å². The average Bonchev–Trinajstić information content (AvgIpc) is 2.26. The molecule has 0 unspecified atom stereocenters. The van der Waals surface area contributed by atoms with Gasteiger partial charge in [-0.1, -0.05) is 0 Å². The molecule has 1 aromatic heterocycles. The van der Waals surface area contributed by atoms with Crippen molar-refractivity contribution in [1.29, 1.82) is 0 Å². The summed E-state index contributed by atoms with van der Waals surface area (Å²) >= 11 is 0. The monoisotopic (exact) mass is 261 g/mol. The van der Waals surface area contributed by atoms with E-state index in [0.29, 0.717) is 12.2 Å². The molecule has 0 saturated carbocycles. The van der Waals surface area contributed by atoms with Crippen LogP contribution in [0.4, 0.5) is 5.69 Å². The fourth-order valence-corrected chi connectivity index (χ4v) is 2.02. The van der Waals surface area contributed by atoms with Crippen LogP contribution in [0, 0.1) is 0 Å². The Kier molecular flexibility index (Phi) is 3.62. The zero-order valence-corrected chi connectivity index (χ0v) is 11.7. The van der Waals surface area contributed by atoms with Gasteiger partial charge < -0.3 is 14.5 Å². The first kappa shape index (κ1) is 13.6. The summed E-state index contributed by atoms with van der Waals surface area (Å²) in [6, 6.07) is 7.25. The molecule has 4 nitrogen and oxygen atoms in total. The summed E-state index contributed by atoms with van der Waals surface area (Å²) < 4.78 is 10.4. The second kappa shape index (κ2) is 5.05. The van der Waals surface area contributed by atoms with Gasteiger partial charge in [-0.15, -0.1) is 0 Å². The van der Waals surface area contributed by atoms with Crippen LogP contribution >= 0.6 is 0 Å². The molecule has 0 aliphatic rings. The third-order valence-electron chi connectivity index (χ3n) is 2.65. The summed E-state index contributed by atoms with van der Waals surface area (Å²) in [5, 5.41) is 4.25. The molecule has 0 saturated heterocycles. The number of rotatable bonds is 3. The topological polar surface area (TPSA) is 51.5 Å². The molecule has 0 aliphatic carbocycles. The summed E-state index contributed by atoms with van der Waals surface area (Å²) in [5.74, 6) is 0. The molecule has 1 aromatic carbocycles. The van der Waals surface area contributed by atoms with Crippen LogP contribution in [-0.2, 0) is 11.3 Å². The molecule has 1 heterocycles. The Balaban J connectivity index is 2.51. The van der Waals surface area contributed by atoms with Crippen LogP contribution in [0.3, 0.4) is 0 Å². The lowest BCUT2D eigenvalue weighted by Gasteiger charge is -2.22. The molecular formula is C15H19NO3. The van der Waals surface area contributed by atoms with Gasteiger partial charge in [0, 0.05) is 35.9 Å². The maximum atomic E-state index is 11.5. The van der Waals surface area contributed by atoms with Gasteiger partial charge in [-0.25, -0.2) is 4.79 Å². The van der Waals surface area contributed by atoms with E-state index in [2.05, 4.69) is 26.1 Å². The first-order valence-corrected chi connectivity index (χ1v) is 6.23. The number of nitrogens with one attached hydrogen (secondary N) is 1. The lowest BCUT2D eigenvalue weighted by atomic mass is 10.1. The van der Waals surface area contributed by atoms with E-state index in [1.165, 1.54) is 6.07 Å². The molecule has 0 radical (unpaired) electrons. The highest BCUT2D eigenvalue weighted by atomic mass is 16.5. The van der Waals surface area contributed by atoms with Crippen LogP contribution < -0.4 is 10.9 Å². The first-order chi connectivity index (χ1) is 8.89. The van der Waals surface area contributed by atoms with Gasteiger partial charge in [-0.3, -0.25) is 0 Å². The maximum absolute atomic E-state index is 11.5. The van der Waals surface area contributed by atoms with E-state index >= 15 is 0 Å². The molecule has 2 rings (SSSR count). The summed E-state index contributed by atoms with van der Waals surface area (Å²) in [6.07, 6.45) is 0. The Morgan fingerprint density at radius 3 is 2.63 bits per heavy atom. The minimum Gasteiger partial charge on any atom is -0.423 e. The minimum absolute atomic E-state index is 0.0435. The van der Waals surface area contributed by atoms with Crippen molar-refractivity contribution in [2.45, 2.75) is 32.9 Å². The van der Waals surface area contributed by atoms with Crippen LogP contribution in [-0.4, -0.2) is 12.6 Å². The number of benzene rings is 1. The Morgan fingerprint density at radius 2 is 2.00 bits per heavy atom. The van der Waals surface area contributed by atoms with Gasteiger partial charge in [0.25, 0.3) is 0 Å². The molecule has 0 bridgehead atoms. The predicted octanol–water partition coefficient (Wildman–Crippen LogP) is 3.15. The molecule has 0 fully saturated rings. The van der Waals surface area contributed by atoms with Crippen molar-refractivity contribution in [3.63, 3.8) is 0 Å². The number of ether oxygens (including phenoxy) is 1. The van der Waals surface area contributed by atoms with Gasteiger partial charge >= 0.3 is 5.63 Å². The second-order valence-corrected chi connectivity index (χ2v) is 5.61. The van der Waals surface area contributed by atoms with Crippen LogP contribution in [0.2, 0.25) is 0 Å². The molecular weight excluding hydrogens is 242 g/mol. The van der Waals surface area contributed by atoms with Crippen molar-refractivity contribution < 1.29 is 9.15 Å². The van der Waals surface area contributed by atoms with Crippen LogP contribution in [0.1, 0.15) is 26.3 Å². The number of hydrogen-bond acceptors (Lipinski definition) is 4. The molecule has 2 aromatic rings. The van der Waals surface area contributed by atoms with Crippen LogP contribution in [0.15, 0.2) is 33.5 Å². The van der Waals surface area contributed by atoms with E-state index in [4.69, 9.17) is 9.15 Å². The smallest absolute Gasteiger partial charge is 0.336 e. The standard InChI is InChI=1S/C15H19NO3/c1-15(2,3)16-11-5-6-12-10(9-18-4)7-14(17)19-13(12)8-11/h5-8,16H,9H2,1-4H3. The highest BCUT2D eigenvalue weighted by Crippen LogP contribution is 2.23. The molecule has 0 aliphatic heterocycles. The maximum Gasteiger partial charge on any atom is 0.336 e. The third kappa shape index (κ3) is 3.35. The molecule has 0 spiro atoms. The molecule has 4 heteroatoms. The Hall–Kier alpha value is -1.81. The Labute approximate surface area is 112 Å². The van der Waals surface area contributed by atoms with E-state index in [9.17, 15) is 4.79 Å². The van der Waals surface area contributed by atoms with Gasteiger partial charge in [0.1, 0.15) is 5.58 Å². The van der Waals surface area contributed by atoms with Crippen molar-refractivity contribution in [3.05, 3.63) is 40.2 Å². The summed E-state index contributed by atoms with van der Waals surface area (Å²) in [6.45, 7) is 6.63. The highest BCUT2D eigenvalue weighted by Gasteiger charge is 2.11. The van der Waals surface area contributed by atoms with Gasteiger partial charge in [-0.2, -0.15) is 0 Å². The largest absolute Gasteiger partial charge is 0.423 e. The normalized spacial score (nSPS) is 11.8. The quantitative estimate of drug-likeness (QED) is 0.862. The fraction of sp³-hybridized carbons (Fsp3) is 0.400. The van der Waals surface area contributed by atoms with E-state index in [1.54, 1.807) is 7.11 Å². The number of methoxy groups -OCH3 is 1. The first-order valence-electron chi connectivity index (χ1n) is 6.23. The number of fused-ring (bicyclic) bond motifs is 1. The summed E-state index contributed by atoms with van der Waals surface area (Å²) in [7, 11) is 1.61. The number of hydrogen-bond donors (Lipinski definition) is 1. The van der Waals surface area contributed by atoms with Crippen LogP contribution in [0.5, 0.6) is 0 Å². The van der Waals surface area contributed by atoms with E-state index in [0.717, 1.165) is 16.6 Å². The zero-order chi connectivity index (χ0) is 14.0. The lowest BCUT2D eigenvalue weighted by Crippen LogP contribution is -2.25. The van der Waals surface area contributed by atoms with Crippen molar-refractivity contribution in [2.24, 2.45) is 0 Å². The molecule has 19 heavy (non-hydrogen) atoms. The SMILES string of the molecule is COCc1cc(=O)oc2cc(NC(C)(C)C)ccc12. The van der Waals surface area contributed by atoms with Crippen LogP contribution in [0.25, 0.3) is 11.0 Å². The van der Waals surface area contributed by atoms with Crippen molar-refractivity contribution in [1.82, 2.24) is 0 Å². The summed E-state index contributed by atoms with van der Waals surface area (Å²) in [5.41, 5.74) is 1.95. The van der Waals surface area contributed by atoms with Gasteiger partial charge in [-0.05, 0) is 38.5 Å².